The second-order valence-electron chi connectivity index (χ2n) is 3.80. The van der Waals surface area contributed by atoms with Gasteiger partial charge in [0.25, 0.3) is 0 Å². The van der Waals surface area contributed by atoms with Crippen molar-refractivity contribution >= 4 is 5.95 Å². The van der Waals surface area contributed by atoms with Crippen LogP contribution in [0.1, 0.15) is 20.3 Å². The number of methoxy groups -OCH3 is 2. The molecule has 0 aromatic carbocycles. The number of hydrogen-bond donors (Lipinski definition) is 0. The highest BCUT2D eigenvalue weighted by molar-refractivity contribution is 5.33. The predicted molar refractivity (Wildman–Crippen MR) is 65.6 cm³/mol. The van der Waals surface area contributed by atoms with Crippen LogP contribution < -0.4 is 14.4 Å². The van der Waals surface area contributed by atoms with Gasteiger partial charge in [0.15, 0.2) is 0 Å². The summed E-state index contributed by atoms with van der Waals surface area (Å²) in [5, 5.41) is 8.67. The number of anilines is 1. The molecule has 0 N–H and O–H groups in total. The van der Waals surface area contributed by atoms with Crippen molar-refractivity contribution in [2.24, 2.45) is 0 Å². The van der Waals surface area contributed by atoms with Gasteiger partial charge >= 0.3 is 12.0 Å². The lowest BCUT2D eigenvalue weighted by Crippen LogP contribution is -2.33. The van der Waals surface area contributed by atoms with Crippen LogP contribution in [0.25, 0.3) is 0 Å². The SMILES string of the molecule is COc1nc(OC)nc(N(CCC#N)C(C)C)n1. The number of ether oxygens (including phenoxy) is 2. The summed E-state index contributed by atoms with van der Waals surface area (Å²) in [7, 11) is 2.96. The minimum atomic E-state index is 0.162. The van der Waals surface area contributed by atoms with Crippen LogP contribution in [0.4, 0.5) is 5.95 Å². The van der Waals surface area contributed by atoms with Crippen molar-refractivity contribution in [3.63, 3.8) is 0 Å². The number of nitriles is 1. The average Bonchev–Trinajstić information content (AvgIpc) is 2.38. The molecular weight excluding hydrogens is 234 g/mol. The number of aromatic nitrogens is 3. The maximum absolute atomic E-state index is 8.67. The summed E-state index contributed by atoms with van der Waals surface area (Å²) >= 11 is 0. The van der Waals surface area contributed by atoms with Gasteiger partial charge in [-0.15, -0.1) is 4.98 Å². The Morgan fingerprint density at radius 3 is 2.11 bits per heavy atom. The first-order valence-electron chi connectivity index (χ1n) is 5.60. The van der Waals surface area contributed by atoms with E-state index in [2.05, 4.69) is 21.0 Å². The van der Waals surface area contributed by atoms with Crippen LogP contribution >= 0.6 is 0 Å². The molecule has 0 saturated carbocycles. The fraction of sp³-hybridized carbons (Fsp3) is 0.636. The fourth-order valence-corrected chi connectivity index (χ4v) is 1.40. The predicted octanol–water partition coefficient (Wildman–Crippen LogP) is 1.02. The highest BCUT2D eigenvalue weighted by Gasteiger charge is 2.16. The Kier molecular flexibility index (Phi) is 5.11. The summed E-state index contributed by atoms with van der Waals surface area (Å²) in [5.74, 6) is 0.448. The third-order valence-electron chi connectivity index (χ3n) is 2.29. The van der Waals surface area contributed by atoms with Crippen LogP contribution in [0.15, 0.2) is 0 Å². The molecule has 0 aliphatic carbocycles. The number of rotatable bonds is 6. The summed E-state index contributed by atoms with van der Waals surface area (Å²) in [6, 6.07) is 2.65. The van der Waals surface area contributed by atoms with Gasteiger partial charge in [-0.3, -0.25) is 0 Å². The average molecular weight is 251 g/mol. The summed E-state index contributed by atoms with van der Waals surface area (Å²) < 4.78 is 10.00. The van der Waals surface area contributed by atoms with E-state index in [4.69, 9.17) is 14.7 Å². The van der Waals surface area contributed by atoms with Crippen LogP contribution in [0.2, 0.25) is 0 Å². The van der Waals surface area contributed by atoms with E-state index in [1.807, 2.05) is 18.7 Å². The van der Waals surface area contributed by atoms with Crippen LogP contribution in [0.3, 0.4) is 0 Å². The summed E-state index contributed by atoms with van der Waals surface area (Å²) in [6.45, 7) is 4.55. The van der Waals surface area contributed by atoms with Crippen molar-refractivity contribution in [2.45, 2.75) is 26.3 Å². The molecule has 1 aromatic rings. The smallest absolute Gasteiger partial charge is 0.324 e. The van der Waals surface area contributed by atoms with Crippen molar-refractivity contribution in [3.05, 3.63) is 0 Å². The molecule has 0 saturated heterocycles. The van der Waals surface area contributed by atoms with E-state index in [1.165, 1.54) is 14.2 Å². The molecule has 1 heterocycles. The molecule has 7 nitrogen and oxygen atoms in total. The van der Waals surface area contributed by atoms with Gasteiger partial charge < -0.3 is 14.4 Å². The molecule has 0 amide bonds. The standard InChI is InChI=1S/C11H17N5O2/c1-8(2)16(7-5-6-12)9-13-10(17-3)15-11(14-9)18-4/h8H,5,7H2,1-4H3. The molecule has 0 bridgehead atoms. The Labute approximate surface area is 106 Å². The second-order valence-corrected chi connectivity index (χ2v) is 3.80. The van der Waals surface area contributed by atoms with E-state index in [-0.39, 0.29) is 18.1 Å². The molecule has 18 heavy (non-hydrogen) atoms. The lowest BCUT2D eigenvalue weighted by molar-refractivity contribution is 0.339. The van der Waals surface area contributed by atoms with E-state index >= 15 is 0 Å². The van der Waals surface area contributed by atoms with Gasteiger partial charge in [0.1, 0.15) is 0 Å². The Morgan fingerprint density at radius 2 is 1.72 bits per heavy atom. The van der Waals surface area contributed by atoms with E-state index in [0.717, 1.165) is 0 Å². The monoisotopic (exact) mass is 251 g/mol. The molecule has 0 aliphatic heterocycles. The van der Waals surface area contributed by atoms with Crippen molar-refractivity contribution in [1.82, 2.24) is 15.0 Å². The molecule has 7 heteroatoms. The Bertz CT molecular complexity index is 408. The Hall–Kier alpha value is -2.10. The largest absolute Gasteiger partial charge is 0.467 e. The lowest BCUT2D eigenvalue weighted by atomic mass is 10.3. The van der Waals surface area contributed by atoms with Crippen molar-refractivity contribution < 1.29 is 9.47 Å². The minimum Gasteiger partial charge on any atom is -0.467 e. The Balaban J connectivity index is 3.06. The number of nitrogens with zero attached hydrogens (tertiary/aromatic N) is 5. The maximum atomic E-state index is 8.67. The van der Waals surface area contributed by atoms with Crippen molar-refractivity contribution in [3.8, 4) is 18.1 Å². The van der Waals surface area contributed by atoms with E-state index in [9.17, 15) is 0 Å². The zero-order chi connectivity index (χ0) is 13.5. The van der Waals surface area contributed by atoms with Crippen LogP contribution in [0.5, 0.6) is 12.0 Å². The zero-order valence-electron chi connectivity index (χ0n) is 11.0. The zero-order valence-corrected chi connectivity index (χ0v) is 11.0. The molecule has 0 aliphatic rings. The molecule has 98 valence electrons. The first-order valence-corrected chi connectivity index (χ1v) is 5.60. The third-order valence-corrected chi connectivity index (χ3v) is 2.29. The van der Waals surface area contributed by atoms with Gasteiger partial charge in [-0.2, -0.15) is 15.2 Å². The van der Waals surface area contributed by atoms with Crippen LogP contribution in [-0.4, -0.2) is 41.8 Å². The first-order chi connectivity index (χ1) is 8.62. The van der Waals surface area contributed by atoms with Gasteiger partial charge in [0, 0.05) is 12.6 Å². The number of hydrogen-bond acceptors (Lipinski definition) is 7. The van der Waals surface area contributed by atoms with Gasteiger partial charge in [0.05, 0.1) is 26.7 Å². The topological polar surface area (TPSA) is 84.2 Å². The Morgan fingerprint density at radius 1 is 1.17 bits per heavy atom. The quantitative estimate of drug-likeness (QED) is 0.746. The summed E-state index contributed by atoms with van der Waals surface area (Å²) in [4.78, 5) is 14.2. The minimum absolute atomic E-state index is 0.162. The van der Waals surface area contributed by atoms with Crippen LogP contribution in [0, 0.1) is 11.3 Å². The molecular formula is C11H17N5O2. The van der Waals surface area contributed by atoms with Gasteiger partial charge in [-0.1, -0.05) is 0 Å². The molecule has 1 aromatic heterocycles. The second kappa shape index (κ2) is 6.59. The molecule has 0 radical (unpaired) electrons. The van der Waals surface area contributed by atoms with Crippen molar-refractivity contribution in [1.29, 1.82) is 5.26 Å². The van der Waals surface area contributed by atoms with E-state index in [0.29, 0.717) is 18.9 Å². The molecule has 0 fully saturated rings. The van der Waals surface area contributed by atoms with Crippen molar-refractivity contribution in [2.75, 3.05) is 25.7 Å². The van der Waals surface area contributed by atoms with Crippen LogP contribution in [-0.2, 0) is 0 Å². The molecule has 0 unspecified atom stereocenters. The molecule has 0 spiro atoms. The van der Waals surface area contributed by atoms with Gasteiger partial charge in [0.2, 0.25) is 5.95 Å². The highest BCUT2D eigenvalue weighted by Crippen LogP contribution is 2.18. The highest BCUT2D eigenvalue weighted by atomic mass is 16.5. The first kappa shape index (κ1) is 14.0. The third kappa shape index (κ3) is 3.45. The summed E-state index contributed by atoms with van der Waals surface area (Å²) in [5.41, 5.74) is 0. The van der Waals surface area contributed by atoms with Gasteiger partial charge in [-0.05, 0) is 13.8 Å². The maximum Gasteiger partial charge on any atom is 0.324 e. The molecule has 1 rings (SSSR count). The normalized spacial score (nSPS) is 10.0. The molecule has 0 atom stereocenters. The van der Waals surface area contributed by atoms with E-state index in [1.54, 1.807) is 0 Å². The lowest BCUT2D eigenvalue weighted by Gasteiger charge is -2.25. The van der Waals surface area contributed by atoms with Gasteiger partial charge in [-0.25, -0.2) is 0 Å². The summed E-state index contributed by atoms with van der Waals surface area (Å²) in [6.07, 6.45) is 0.397. The van der Waals surface area contributed by atoms with E-state index < -0.39 is 0 Å². The fourth-order valence-electron chi connectivity index (χ4n) is 1.40.